The minimum atomic E-state index is 0.322. The maximum absolute atomic E-state index is 8.89. The molecule has 90 valence electrons. The van der Waals surface area contributed by atoms with Crippen LogP contribution in [0.15, 0.2) is 15.9 Å². The number of nitrogens with one attached hydrogen (secondary N) is 2. The largest absolute Gasteiger partial charge is 0.391 e. The van der Waals surface area contributed by atoms with Gasteiger partial charge in [-0.2, -0.15) is 0 Å². The van der Waals surface area contributed by atoms with Crippen molar-refractivity contribution in [2.24, 2.45) is 0 Å². The van der Waals surface area contributed by atoms with Gasteiger partial charge in [0, 0.05) is 9.85 Å². The first kappa shape index (κ1) is 12.5. The van der Waals surface area contributed by atoms with Crippen LogP contribution in [0.4, 0.5) is 0 Å². The molecule has 0 radical (unpaired) electrons. The third kappa shape index (κ3) is 3.53. The molecule has 0 bridgehead atoms. The molecule has 1 saturated heterocycles. The third-order valence-corrected chi connectivity index (χ3v) is 4.87. The van der Waals surface area contributed by atoms with Crippen LogP contribution in [-0.2, 0) is 6.54 Å². The van der Waals surface area contributed by atoms with Crippen LogP contribution in [-0.4, -0.2) is 44.4 Å². The highest BCUT2D eigenvalue weighted by Gasteiger charge is 2.22. The first-order valence-corrected chi connectivity index (χ1v) is 7.46. The molecule has 1 aliphatic heterocycles. The van der Waals surface area contributed by atoms with E-state index >= 15 is 0 Å². The van der Waals surface area contributed by atoms with Gasteiger partial charge in [0.1, 0.15) is 39.3 Å². The van der Waals surface area contributed by atoms with Gasteiger partial charge in [0.05, 0.1) is 11.5 Å². The number of aliphatic hydroxyl groups excluding tert-OH is 1. The molecule has 0 spiro atoms. The SMILES string of the molecule is OCC[NH+]1CC[NH+](Cc2cc(Br)cs2)CC1. The maximum Gasteiger partial charge on any atom is 0.127 e. The van der Waals surface area contributed by atoms with Gasteiger partial charge < -0.3 is 14.9 Å². The van der Waals surface area contributed by atoms with Crippen molar-refractivity contribution in [2.75, 3.05) is 39.3 Å². The van der Waals surface area contributed by atoms with Gasteiger partial charge >= 0.3 is 0 Å². The summed E-state index contributed by atoms with van der Waals surface area (Å²) < 4.78 is 1.21. The molecule has 2 heterocycles. The molecule has 1 aromatic heterocycles. The Labute approximate surface area is 109 Å². The summed E-state index contributed by atoms with van der Waals surface area (Å²) in [6.45, 7) is 7.24. The van der Waals surface area contributed by atoms with E-state index in [0.29, 0.717) is 6.61 Å². The minimum absolute atomic E-state index is 0.322. The number of thiophene rings is 1. The Morgan fingerprint density at radius 3 is 2.50 bits per heavy atom. The van der Waals surface area contributed by atoms with Crippen molar-refractivity contribution in [1.82, 2.24) is 0 Å². The summed E-state index contributed by atoms with van der Waals surface area (Å²) in [5.41, 5.74) is 0. The van der Waals surface area contributed by atoms with Gasteiger partial charge in [0.2, 0.25) is 0 Å². The van der Waals surface area contributed by atoms with Gasteiger partial charge in [-0.1, -0.05) is 0 Å². The van der Waals surface area contributed by atoms with Crippen LogP contribution >= 0.6 is 27.3 Å². The number of halogens is 1. The second kappa shape index (κ2) is 6.12. The number of piperazine rings is 1. The molecular weight excluding hydrogens is 288 g/mol. The highest BCUT2D eigenvalue weighted by Crippen LogP contribution is 2.18. The lowest BCUT2D eigenvalue weighted by Crippen LogP contribution is -3.27. The molecule has 3 N–H and O–H groups in total. The van der Waals surface area contributed by atoms with E-state index in [2.05, 4.69) is 27.4 Å². The topological polar surface area (TPSA) is 29.1 Å². The van der Waals surface area contributed by atoms with Gasteiger partial charge in [-0.25, -0.2) is 0 Å². The fourth-order valence-corrected chi connectivity index (χ4v) is 3.76. The Morgan fingerprint density at radius 1 is 1.25 bits per heavy atom. The zero-order valence-corrected chi connectivity index (χ0v) is 11.7. The van der Waals surface area contributed by atoms with E-state index in [-0.39, 0.29) is 0 Å². The molecule has 0 unspecified atom stereocenters. The molecular formula is C11H19BrN2OS+2. The summed E-state index contributed by atoms with van der Waals surface area (Å²) in [5, 5.41) is 11.0. The number of hydrogen-bond donors (Lipinski definition) is 3. The van der Waals surface area contributed by atoms with E-state index in [0.717, 1.165) is 13.1 Å². The average Bonchev–Trinajstić information content (AvgIpc) is 2.67. The molecule has 2 rings (SSSR count). The molecule has 0 saturated carbocycles. The number of rotatable bonds is 4. The van der Waals surface area contributed by atoms with Crippen molar-refractivity contribution in [2.45, 2.75) is 6.54 Å². The molecule has 0 amide bonds. The monoisotopic (exact) mass is 306 g/mol. The van der Waals surface area contributed by atoms with Gasteiger partial charge in [0.15, 0.2) is 0 Å². The van der Waals surface area contributed by atoms with Crippen molar-refractivity contribution in [3.05, 3.63) is 20.8 Å². The number of hydrogen-bond acceptors (Lipinski definition) is 2. The van der Waals surface area contributed by atoms with E-state index < -0.39 is 0 Å². The van der Waals surface area contributed by atoms with Gasteiger partial charge in [-0.3, -0.25) is 0 Å². The van der Waals surface area contributed by atoms with Crippen LogP contribution < -0.4 is 9.80 Å². The summed E-state index contributed by atoms with van der Waals surface area (Å²) >= 11 is 5.34. The zero-order chi connectivity index (χ0) is 11.4. The lowest BCUT2D eigenvalue weighted by atomic mass is 10.3. The van der Waals surface area contributed by atoms with Crippen molar-refractivity contribution in [3.63, 3.8) is 0 Å². The predicted molar refractivity (Wildman–Crippen MR) is 69.1 cm³/mol. The van der Waals surface area contributed by atoms with E-state index in [9.17, 15) is 0 Å². The second-order valence-corrected chi connectivity index (χ2v) is 6.29. The van der Waals surface area contributed by atoms with Crippen LogP contribution in [0.2, 0.25) is 0 Å². The first-order chi connectivity index (χ1) is 7.78. The fraction of sp³-hybridized carbons (Fsp3) is 0.636. The van der Waals surface area contributed by atoms with E-state index in [1.165, 1.54) is 35.5 Å². The van der Waals surface area contributed by atoms with E-state index in [4.69, 9.17) is 5.11 Å². The molecule has 1 fully saturated rings. The Hall–Kier alpha value is 0.0600. The lowest BCUT2D eigenvalue weighted by Gasteiger charge is -2.28. The molecule has 16 heavy (non-hydrogen) atoms. The molecule has 1 aliphatic rings. The standard InChI is InChI=1S/C11H17BrN2OS/c12-10-7-11(16-9-10)8-14-3-1-13(2-4-14)5-6-15/h7,9,15H,1-6,8H2/p+2. The van der Waals surface area contributed by atoms with Gasteiger partial charge in [-0.15, -0.1) is 11.3 Å². The fourth-order valence-electron chi connectivity index (χ4n) is 2.23. The second-order valence-electron chi connectivity index (χ2n) is 4.38. The zero-order valence-electron chi connectivity index (χ0n) is 9.34. The first-order valence-electron chi connectivity index (χ1n) is 5.79. The molecule has 0 atom stereocenters. The van der Waals surface area contributed by atoms with Gasteiger partial charge in [0.25, 0.3) is 0 Å². The van der Waals surface area contributed by atoms with E-state index in [1.54, 1.807) is 9.80 Å². The van der Waals surface area contributed by atoms with Crippen LogP contribution in [0.1, 0.15) is 4.88 Å². The quantitative estimate of drug-likeness (QED) is 0.640. The Balaban J connectivity index is 1.77. The minimum Gasteiger partial charge on any atom is -0.391 e. The lowest BCUT2D eigenvalue weighted by molar-refractivity contribution is -1.02. The summed E-state index contributed by atoms with van der Waals surface area (Å²) in [5.74, 6) is 0. The smallest absolute Gasteiger partial charge is 0.127 e. The van der Waals surface area contributed by atoms with E-state index in [1.807, 2.05) is 11.3 Å². The number of quaternary nitrogens is 2. The highest BCUT2D eigenvalue weighted by atomic mass is 79.9. The molecule has 5 heteroatoms. The van der Waals surface area contributed by atoms with Crippen LogP contribution in [0.25, 0.3) is 0 Å². The Bertz CT molecular complexity index is 324. The number of aliphatic hydroxyl groups is 1. The van der Waals surface area contributed by atoms with Crippen LogP contribution in [0, 0.1) is 0 Å². The summed E-state index contributed by atoms with van der Waals surface area (Å²) in [6.07, 6.45) is 0. The predicted octanol–water partition coefficient (Wildman–Crippen LogP) is -1.21. The van der Waals surface area contributed by atoms with Crippen molar-refractivity contribution < 1.29 is 14.9 Å². The molecule has 3 nitrogen and oxygen atoms in total. The van der Waals surface area contributed by atoms with Crippen LogP contribution in [0.3, 0.4) is 0 Å². The van der Waals surface area contributed by atoms with Gasteiger partial charge in [-0.05, 0) is 22.0 Å². The van der Waals surface area contributed by atoms with Crippen molar-refractivity contribution in [3.8, 4) is 0 Å². The van der Waals surface area contributed by atoms with Crippen molar-refractivity contribution >= 4 is 27.3 Å². The average molecular weight is 307 g/mol. The maximum atomic E-state index is 8.89. The normalized spacial score (nSPS) is 25.9. The Kier molecular flexibility index (Phi) is 4.79. The Morgan fingerprint density at radius 2 is 1.94 bits per heavy atom. The molecule has 0 aromatic carbocycles. The highest BCUT2D eigenvalue weighted by molar-refractivity contribution is 9.10. The summed E-state index contributed by atoms with van der Waals surface area (Å²) in [7, 11) is 0. The molecule has 1 aromatic rings. The van der Waals surface area contributed by atoms with Crippen molar-refractivity contribution in [1.29, 1.82) is 0 Å². The summed E-state index contributed by atoms with van der Waals surface area (Å²) in [4.78, 5) is 4.70. The van der Waals surface area contributed by atoms with Crippen LogP contribution in [0.5, 0.6) is 0 Å². The summed E-state index contributed by atoms with van der Waals surface area (Å²) in [6, 6.07) is 2.23. The third-order valence-electron chi connectivity index (χ3n) is 3.18. The molecule has 0 aliphatic carbocycles.